The largest absolute Gasteiger partial charge is 0.508 e. The number of halogens is 2. The Morgan fingerprint density at radius 3 is 1.23 bits per heavy atom. The lowest BCUT2D eigenvalue weighted by molar-refractivity contribution is 0.356. The minimum Gasteiger partial charge on any atom is -0.508 e. The van der Waals surface area contributed by atoms with Gasteiger partial charge in [0, 0.05) is 25.2 Å². The van der Waals surface area contributed by atoms with E-state index in [2.05, 4.69) is 10.6 Å². The highest BCUT2D eigenvalue weighted by Gasteiger charge is 2.21. The minimum absolute atomic E-state index is 0. The van der Waals surface area contributed by atoms with E-state index in [1.54, 1.807) is 24.3 Å². The molecule has 2 aromatic rings. The third-order valence-corrected chi connectivity index (χ3v) is 3.73. The van der Waals surface area contributed by atoms with Crippen LogP contribution in [0.4, 0.5) is 0 Å². The Bertz CT molecular complexity index is 514. The van der Waals surface area contributed by atoms with Crippen molar-refractivity contribution < 1.29 is 10.2 Å². The van der Waals surface area contributed by atoms with E-state index in [0.717, 1.165) is 13.1 Å². The van der Waals surface area contributed by atoms with Crippen molar-refractivity contribution in [1.29, 1.82) is 0 Å². The fraction of sp³-hybridized carbons (Fsp3) is 0.250. The summed E-state index contributed by atoms with van der Waals surface area (Å²) < 4.78 is 0. The molecule has 3 rings (SSSR count). The number of benzene rings is 2. The van der Waals surface area contributed by atoms with Crippen molar-refractivity contribution >= 4 is 24.8 Å². The number of nitrogens with one attached hydrogen (secondary N) is 2. The van der Waals surface area contributed by atoms with Gasteiger partial charge in [0.2, 0.25) is 0 Å². The summed E-state index contributed by atoms with van der Waals surface area (Å²) in [5.41, 5.74) is 2.33. The molecule has 6 heteroatoms. The molecule has 2 aromatic carbocycles. The van der Waals surface area contributed by atoms with Gasteiger partial charge < -0.3 is 20.8 Å². The van der Waals surface area contributed by atoms with Crippen molar-refractivity contribution in [2.24, 2.45) is 0 Å². The Morgan fingerprint density at radius 2 is 0.955 bits per heavy atom. The second kappa shape index (κ2) is 8.25. The summed E-state index contributed by atoms with van der Waals surface area (Å²) in [6.07, 6.45) is 0. The van der Waals surface area contributed by atoms with Gasteiger partial charge >= 0.3 is 0 Å². The first-order chi connectivity index (χ1) is 9.72. The van der Waals surface area contributed by atoms with Crippen molar-refractivity contribution in [1.82, 2.24) is 10.6 Å². The second-order valence-corrected chi connectivity index (χ2v) is 5.10. The van der Waals surface area contributed by atoms with Crippen molar-refractivity contribution in [3.8, 4) is 11.5 Å². The van der Waals surface area contributed by atoms with Crippen molar-refractivity contribution in [2.45, 2.75) is 12.1 Å². The lowest BCUT2D eigenvalue weighted by Gasteiger charge is -2.31. The fourth-order valence-corrected chi connectivity index (χ4v) is 2.55. The van der Waals surface area contributed by atoms with E-state index in [9.17, 15) is 10.2 Å². The molecule has 0 bridgehead atoms. The molecule has 1 aliphatic rings. The van der Waals surface area contributed by atoms with Gasteiger partial charge in [0.15, 0.2) is 0 Å². The predicted octanol–water partition coefficient (Wildman–Crippen LogP) is 2.92. The zero-order chi connectivity index (χ0) is 13.9. The van der Waals surface area contributed by atoms with Crippen LogP contribution in [-0.4, -0.2) is 23.3 Å². The SMILES string of the molecule is Cl.Cl.Oc1ccc(C2CNC(c3ccc(O)cc3)CN2)cc1. The Labute approximate surface area is 142 Å². The highest BCUT2D eigenvalue weighted by molar-refractivity contribution is 5.85. The van der Waals surface area contributed by atoms with Gasteiger partial charge in [-0.05, 0) is 35.4 Å². The quantitative estimate of drug-likeness (QED) is 0.677. The molecule has 0 spiro atoms. The smallest absolute Gasteiger partial charge is 0.115 e. The van der Waals surface area contributed by atoms with Crippen molar-refractivity contribution in [3.63, 3.8) is 0 Å². The van der Waals surface area contributed by atoms with E-state index < -0.39 is 0 Å². The standard InChI is InChI=1S/C16H18N2O2.2ClH/c19-13-5-1-11(2-6-13)15-9-18-16(10-17-15)12-3-7-14(20)8-4-12;;/h1-8,15-20H,9-10H2;2*1H. The van der Waals surface area contributed by atoms with Gasteiger partial charge in [0.25, 0.3) is 0 Å². The van der Waals surface area contributed by atoms with E-state index in [1.165, 1.54) is 11.1 Å². The lowest BCUT2D eigenvalue weighted by atomic mass is 10.00. The Kier molecular flexibility index (Phi) is 6.97. The second-order valence-electron chi connectivity index (χ2n) is 5.10. The van der Waals surface area contributed by atoms with Crippen molar-refractivity contribution in [2.75, 3.05) is 13.1 Å². The van der Waals surface area contributed by atoms with Crippen LogP contribution in [0.1, 0.15) is 23.2 Å². The number of phenols is 2. The highest BCUT2D eigenvalue weighted by Crippen LogP contribution is 2.23. The van der Waals surface area contributed by atoms with Gasteiger partial charge in [0.1, 0.15) is 11.5 Å². The summed E-state index contributed by atoms with van der Waals surface area (Å²) in [5, 5.41) is 25.6. The van der Waals surface area contributed by atoms with Gasteiger partial charge in [-0.1, -0.05) is 24.3 Å². The molecule has 1 saturated heterocycles. The van der Waals surface area contributed by atoms with E-state index in [4.69, 9.17) is 0 Å². The summed E-state index contributed by atoms with van der Waals surface area (Å²) in [5.74, 6) is 0.582. The molecule has 0 aromatic heterocycles. The third kappa shape index (κ3) is 4.27. The van der Waals surface area contributed by atoms with Crippen molar-refractivity contribution in [3.05, 3.63) is 59.7 Å². The first-order valence-corrected chi connectivity index (χ1v) is 6.77. The molecule has 4 nitrogen and oxygen atoms in total. The van der Waals surface area contributed by atoms with Crippen LogP contribution in [0.25, 0.3) is 0 Å². The van der Waals surface area contributed by atoms with Gasteiger partial charge in [-0.25, -0.2) is 0 Å². The van der Waals surface area contributed by atoms with Gasteiger partial charge in [-0.2, -0.15) is 0 Å². The highest BCUT2D eigenvalue weighted by atomic mass is 35.5. The Morgan fingerprint density at radius 1 is 0.636 bits per heavy atom. The van der Waals surface area contributed by atoms with Gasteiger partial charge in [-0.15, -0.1) is 24.8 Å². The first kappa shape index (κ1) is 18.6. The molecule has 2 unspecified atom stereocenters. The van der Waals surface area contributed by atoms with Crippen LogP contribution in [0.15, 0.2) is 48.5 Å². The van der Waals surface area contributed by atoms with Crippen LogP contribution in [0.2, 0.25) is 0 Å². The maximum Gasteiger partial charge on any atom is 0.115 e. The summed E-state index contributed by atoms with van der Waals surface area (Å²) in [7, 11) is 0. The number of piperazine rings is 1. The normalized spacial score (nSPS) is 20.5. The molecule has 0 amide bonds. The number of aromatic hydroxyl groups is 2. The fourth-order valence-electron chi connectivity index (χ4n) is 2.55. The molecule has 120 valence electrons. The van der Waals surface area contributed by atoms with E-state index in [1.807, 2.05) is 24.3 Å². The lowest BCUT2D eigenvalue weighted by Crippen LogP contribution is -2.45. The van der Waals surface area contributed by atoms with Gasteiger partial charge in [0.05, 0.1) is 0 Å². The third-order valence-electron chi connectivity index (χ3n) is 3.73. The maximum absolute atomic E-state index is 9.31. The van der Waals surface area contributed by atoms with Crippen LogP contribution in [0, 0.1) is 0 Å². The number of hydrogen-bond acceptors (Lipinski definition) is 4. The Hall–Kier alpha value is -1.46. The van der Waals surface area contributed by atoms with Crippen LogP contribution in [-0.2, 0) is 0 Å². The molecule has 1 heterocycles. The molecule has 4 N–H and O–H groups in total. The van der Waals surface area contributed by atoms with Crippen LogP contribution >= 0.6 is 24.8 Å². The summed E-state index contributed by atoms with van der Waals surface area (Å²) in [6.45, 7) is 1.66. The monoisotopic (exact) mass is 342 g/mol. The minimum atomic E-state index is 0. The first-order valence-electron chi connectivity index (χ1n) is 6.77. The van der Waals surface area contributed by atoms with Crippen LogP contribution in [0.3, 0.4) is 0 Å². The zero-order valence-corrected chi connectivity index (χ0v) is 13.5. The molecule has 1 aliphatic heterocycles. The molecule has 22 heavy (non-hydrogen) atoms. The average molecular weight is 343 g/mol. The Balaban J connectivity index is 0.00000121. The molecule has 0 radical (unpaired) electrons. The number of rotatable bonds is 2. The topological polar surface area (TPSA) is 64.5 Å². The van der Waals surface area contributed by atoms with Crippen LogP contribution < -0.4 is 10.6 Å². The van der Waals surface area contributed by atoms with Gasteiger partial charge in [-0.3, -0.25) is 0 Å². The molecule has 0 saturated carbocycles. The molecular formula is C16H20Cl2N2O2. The van der Waals surface area contributed by atoms with E-state index in [0.29, 0.717) is 11.5 Å². The average Bonchev–Trinajstić information content (AvgIpc) is 2.49. The van der Waals surface area contributed by atoms with E-state index in [-0.39, 0.29) is 36.9 Å². The van der Waals surface area contributed by atoms with Crippen LogP contribution in [0.5, 0.6) is 11.5 Å². The molecule has 1 fully saturated rings. The summed E-state index contributed by atoms with van der Waals surface area (Å²) in [6, 6.07) is 15.1. The molecular weight excluding hydrogens is 323 g/mol. The molecule has 0 aliphatic carbocycles. The van der Waals surface area contributed by atoms with E-state index >= 15 is 0 Å². The summed E-state index contributed by atoms with van der Waals surface area (Å²) in [4.78, 5) is 0. The summed E-state index contributed by atoms with van der Waals surface area (Å²) >= 11 is 0. The molecule has 2 atom stereocenters. The number of phenolic OH excluding ortho intramolecular Hbond substituents is 2. The predicted molar refractivity (Wildman–Crippen MR) is 92.2 cm³/mol. The zero-order valence-electron chi connectivity index (χ0n) is 11.9. The number of hydrogen-bond donors (Lipinski definition) is 4. The maximum atomic E-state index is 9.31.